The Morgan fingerprint density at radius 3 is 2.33 bits per heavy atom. The average Bonchev–Trinajstić information content (AvgIpc) is 2.39. The summed E-state index contributed by atoms with van der Waals surface area (Å²) in [7, 11) is 0. The van der Waals surface area contributed by atoms with Crippen molar-refractivity contribution in [2.24, 2.45) is 0 Å². The zero-order chi connectivity index (χ0) is 15.6. The van der Waals surface area contributed by atoms with Crippen molar-refractivity contribution < 1.29 is 19.9 Å². The first kappa shape index (κ1) is 14.3. The molecule has 0 saturated heterocycles. The summed E-state index contributed by atoms with van der Waals surface area (Å²) in [5, 5.41) is 32.0. The van der Waals surface area contributed by atoms with Crippen LogP contribution < -0.4 is 5.32 Å². The van der Waals surface area contributed by atoms with Gasteiger partial charge in [0.05, 0.1) is 4.92 Å². The molecule has 0 saturated carbocycles. The van der Waals surface area contributed by atoms with Crippen LogP contribution in [0.3, 0.4) is 0 Å². The number of nitro groups is 1. The van der Waals surface area contributed by atoms with Crippen LogP contribution in [0.5, 0.6) is 11.5 Å². The summed E-state index contributed by atoms with van der Waals surface area (Å²) in [6.07, 6.45) is 0. The lowest BCUT2D eigenvalue weighted by molar-refractivity contribution is -0.385. The van der Waals surface area contributed by atoms with Crippen LogP contribution in [0.4, 0.5) is 11.4 Å². The van der Waals surface area contributed by atoms with E-state index in [9.17, 15) is 25.1 Å². The van der Waals surface area contributed by atoms with Crippen LogP contribution in [0.1, 0.15) is 15.9 Å². The van der Waals surface area contributed by atoms with Gasteiger partial charge in [-0.05, 0) is 25.1 Å². The third-order valence-corrected chi connectivity index (χ3v) is 2.83. The molecule has 2 aromatic rings. The number of nitrogens with one attached hydrogen (secondary N) is 1. The van der Waals surface area contributed by atoms with E-state index >= 15 is 0 Å². The summed E-state index contributed by atoms with van der Waals surface area (Å²) in [5.74, 6) is -1.11. The van der Waals surface area contributed by atoms with Crippen molar-refractivity contribution in [1.29, 1.82) is 0 Å². The quantitative estimate of drug-likeness (QED) is 0.593. The maximum Gasteiger partial charge on any atom is 0.274 e. The number of hydrogen-bond acceptors (Lipinski definition) is 5. The van der Waals surface area contributed by atoms with E-state index < -0.39 is 10.8 Å². The lowest BCUT2D eigenvalue weighted by Crippen LogP contribution is -2.12. The van der Waals surface area contributed by atoms with E-state index in [1.165, 1.54) is 30.3 Å². The molecule has 0 spiro atoms. The molecule has 21 heavy (non-hydrogen) atoms. The average molecular weight is 288 g/mol. The molecule has 1 amide bonds. The van der Waals surface area contributed by atoms with E-state index in [1.54, 1.807) is 6.92 Å². The van der Waals surface area contributed by atoms with Gasteiger partial charge in [0, 0.05) is 28.9 Å². The standard InChI is InChI=1S/C14H12N2O5/c1-8-2-3-10(6-13(8)16(20)21)15-14(19)9-4-11(17)7-12(18)5-9/h2-7,17-18H,1H3,(H,15,19). The minimum absolute atomic E-state index is 0.0377. The molecule has 2 rings (SSSR count). The van der Waals surface area contributed by atoms with E-state index in [4.69, 9.17) is 0 Å². The van der Waals surface area contributed by atoms with Gasteiger partial charge in [0.15, 0.2) is 0 Å². The predicted molar refractivity (Wildman–Crippen MR) is 75.6 cm³/mol. The molecular weight excluding hydrogens is 276 g/mol. The van der Waals surface area contributed by atoms with Gasteiger partial charge in [-0.25, -0.2) is 0 Å². The Morgan fingerprint density at radius 1 is 1.14 bits per heavy atom. The third-order valence-electron chi connectivity index (χ3n) is 2.83. The van der Waals surface area contributed by atoms with E-state index in [0.29, 0.717) is 5.56 Å². The lowest BCUT2D eigenvalue weighted by Gasteiger charge is -2.07. The number of aromatic hydroxyl groups is 2. The Morgan fingerprint density at radius 2 is 1.76 bits per heavy atom. The Labute approximate surface area is 119 Å². The number of rotatable bonds is 3. The molecule has 0 aliphatic carbocycles. The molecule has 108 valence electrons. The van der Waals surface area contributed by atoms with E-state index in [-0.39, 0.29) is 28.4 Å². The van der Waals surface area contributed by atoms with Crippen molar-refractivity contribution in [3.05, 3.63) is 57.6 Å². The minimum atomic E-state index is -0.598. The van der Waals surface area contributed by atoms with Crippen LogP contribution in [0.2, 0.25) is 0 Å². The highest BCUT2D eigenvalue weighted by atomic mass is 16.6. The molecule has 0 aliphatic heterocycles. The summed E-state index contributed by atoms with van der Waals surface area (Å²) in [6, 6.07) is 7.75. The molecule has 0 radical (unpaired) electrons. The number of anilines is 1. The topological polar surface area (TPSA) is 113 Å². The normalized spacial score (nSPS) is 10.1. The molecule has 0 bridgehead atoms. The van der Waals surface area contributed by atoms with Gasteiger partial charge in [-0.3, -0.25) is 14.9 Å². The fraction of sp³-hybridized carbons (Fsp3) is 0.0714. The number of phenolic OH excluding ortho intramolecular Hbond substituents is 2. The van der Waals surface area contributed by atoms with Crippen molar-refractivity contribution in [1.82, 2.24) is 0 Å². The van der Waals surface area contributed by atoms with Crippen molar-refractivity contribution in [2.75, 3.05) is 5.32 Å². The number of aryl methyl sites for hydroxylation is 1. The molecule has 7 nitrogen and oxygen atoms in total. The summed E-state index contributed by atoms with van der Waals surface area (Å²) >= 11 is 0. The van der Waals surface area contributed by atoms with Gasteiger partial charge in [-0.15, -0.1) is 0 Å². The molecule has 0 aliphatic rings. The van der Waals surface area contributed by atoms with Crippen LogP contribution in [0.25, 0.3) is 0 Å². The smallest absolute Gasteiger partial charge is 0.274 e. The summed E-state index contributed by atoms with van der Waals surface area (Å²) < 4.78 is 0. The molecule has 0 unspecified atom stereocenters. The van der Waals surface area contributed by atoms with Gasteiger partial charge in [0.25, 0.3) is 11.6 Å². The third kappa shape index (κ3) is 3.27. The van der Waals surface area contributed by atoms with Gasteiger partial charge >= 0.3 is 0 Å². The Bertz CT molecular complexity index is 707. The van der Waals surface area contributed by atoms with Crippen molar-refractivity contribution in [3.8, 4) is 11.5 Å². The summed E-state index contributed by atoms with van der Waals surface area (Å²) in [4.78, 5) is 22.3. The van der Waals surface area contributed by atoms with Gasteiger partial charge in [-0.1, -0.05) is 6.07 Å². The zero-order valence-corrected chi connectivity index (χ0v) is 11.0. The highest BCUT2D eigenvalue weighted by Crippen LogP contribution is 2.24. The van der Waals surface area contributed by atoms with E-state index in [0.717, 1.165) is 6.07 Å². The minimum Gasteiger partial charge on any atom is -0.508 e. The van der Waals surface area contributed by atoms with Crippen molar-refractivity contribution >= 4 is 17.3 Å². The maximum atomic E-state index is 12.0. The lowest BCUT2D eigenvalue weighted by atomic mass is 10.1. The molecule has 0 atom stereocenters. The number of benzene rings is 2. The molecular formula is C14H12N2O5. The Balaban J connectivity index is 2.27. The highest BCUT2D eigenvalue weighted by Gasteiger charge is 2.14. The van der Waals surface area contributed by atoms with E-state index in [1.807, 2.05) is 0 Å². The van der Waals surface area contributed by atoms with E-state index in [2.05, 4.69) is 5.32 Å². The first-order chi connectivity index (χ1) is 9.86. The van der Waals surface area contributed by atoms with Crippen molar-refractivity contribution in [3.63, 3.8) is 0 Å². The van der Waals surface area contributed by atoms with Crippen LogP contribution in [-0.2, 0) is 0 Å². The van der Waals surface area contributed by atoms with Crippen LogP contribution in [0.15, 0.2) is 36.4 Å². The van der Waals surface area contributed by atoms with Gasteiger partial charge < -0.3 is 15.5 Å². The largest absolute Gasteiger partial charge is 0.508 e. The fourth-order valence-electron chi connectivity index (χ4n) is 1.81. The SMILES string of the molecule is Cc1ccc(NC(=O)c2cc(O)cc(O)c2)cc1[N+](=O)[O-]. The molecule has 7 heteroatoms. The van der Waals surface area contributed by atoms with Crippen LogP contribution in [0, 0.1) is 17.0 Å². The first-order valence-electron chi connectivity index (χ1n) is 5.96. The van der Waals surface area contributed by atoms with Crippen LogP contribution >= 0.6 is 0 Å². The van der Waals surface area contributed by atoms with Gasteiger partial charge in [-0.2, -0.15) is 0 Å². The van der Waals surface area contributed by atoms with Gasteiger partial charge in [0.2, 0.25) is 0 Å². The second-order valence-electron chi connectivity index (χ2n) is 4.45. The molecule has 0 heterocycles. The second kappa shape index (κ2) is 5.49. The summed E-state index contributed by atoms with van der Waals surface area (Å²) in [5.41, 5.74) is 0.662. The molecule has 3 N–H and O–H groups in total. The van der Waals surface area contributed by atoms with Crippen LogP contribution in [-0.4, -0.2) is 21.0 Å². The maximum absolute atomic E-state index is 12.0. The van der Waals surface area contributed by atoms with Crippen molar-refractivity contribution in [2.45, 2.75) is 6.92 Å². The molecule has 0 aromatic heterocycles. The Hall–Kier alpha value is -3.09. The Kier molecular flexibility index (Phi) is 3.75. The fourth-order valence-corrected chi connectivity index (χ4v) is 1.81. The monoisotopic (exact) mass is 288 g/mol. The highest BCUT2D eigenvalue weighted by molar-refractivity contribution is 6.04. The predicted octanol–water partition coefficient (Wildman–Crippen LogP) is 2.57. The first-order valence-corrected chi connectivity index (χ1v) is 5.96. The molecule has 2 aromatic carbocycles. The van der Waals surface area contributed by atoms with Gasteiger partial charge in [0.1, 0.15) is 11.5 Å². The number of carbonyl (C=O) groups excluding carboxylic acids is 1. The summed E-state index contributed by atoms with van der Waals surface area (Å²) in [6.45, 7) is 1.59. The molecule has 0 fully saturated rings. The number of nitro benzene ring substituents is 1. The number of carbonyl (C=O) groups is 1. The number of hydrogen-bond donors (Lipinski definition) is 3. The number of nitrogens with zero attached hydrogens (tertiary/aromatic N) is 1. The number of phenols is 2. The second-order valence-corrected chi connectivity index (χ2v) is 4.45. The zero-order valence-electron chi connectivity index (χ0n) is 11.0. The number of amides is 1.